The van der Waals surface area contributed by atoms with E-state index in [2.05, 4.69) is 55.4 Å². The molecule has 0 aromatic carbocycles. The van der Waals surface area contributed by atoms with Crippen molar-refractivity contribution in [2.45, 2.75) is 350 Å². The number of aliphatic hydroxyl groups is 1. The van der Waals surface area contributed by atoms with Crippen LogP contribution in [0.1, 0.15) is 331 Å². The topological polar surface area (TPSA) is 237 Å². The highest BCUT2D eigenvalue weighted by atomic mass is 31.2. The lowest BCUT2D eigenvalue weighted by atomic mass is 10.0. The lowest BCUT2D eigenvalue weighted by molar-refractivity contribution is -0.161. The Kier molecular flexibility index (Phi) is 56.6. The Hall–Kier alpha value is -1.94. The minimum Gasteiger partial charge on any atom is -0.462 e. The summed E-state index contributed by atoms with van der Waals surface area (Å²) >= 11 is 0. The zero-order valence-electron chi connectivity index (χ0n) is 56.6. The molecular weight excluding hydrogens is 1150 g/mol. The van der Waals surface area contributed by atoms with Gasteiger partial charge in [-0.3, -0.25) is 37.3 Å². The van der Waals surface area contributed by atoms with Crippen molar-refractivity contribution < 1.29 is 80.2 Å². The van der Waals surface area contributed by atoms with Crippen LogP contribution in [0.3, 0.4) is 0 Å². The Bertz CT molecular complexity index is 1730. The highest BCUT2D eigenvalue weighted by Crippen LogP contribution is 2.45. The van der Waals surface area contributed by atoms with E-state index in [4.69, 9.17) is 37.0 Å². The van der Waals surface area contributed by atoms with Crippen LogP contribution < -0.4 is 0 Å². The van der Waals surface area contributed by atoms with Crippen LogP contribution in [0.2, 0.25) is 0 Å². The molecule has 0 aromatic rings. The number of hydrogen-bond donors (Lipinski definition) is 3. The van der Waals surface area contributed by atoms with Crippen molar-refractivity contribution >= 4 is 39.5 Å². The summed E-state index contributed by atoms with van der Waals surface area (Å²) in [4.78, 5) is 72.4. The molecule has 0 fully saturated rings. The van der Waals surface area contributed by atoms with Crippen molar-refractivity contribution in [2.75, 3.05) is 39.6 Å². The third kappa shape index (κ3) is 62.6. The molecule has 0 heterocycles. The molecule has 0 aliphatic carbocycles. The molecule has 0 aliphatic heterocycles. The average molecular weight is 1280 g/mol. The van der Waals surface area contributed by atoms with Gasteiger partial charge in [-0.15, -0.1) is 0 Å². The van der Waals surface area contributed by atoms with E-state index in [0.717, 1.165) is 108 Å². The van der Waals surface area contributed by atoms with Gasteiger partial charge in [-0.1, -0.05) is 280 Å². The molecule has 0 saturated heterocycles. The standard InChI is InChI=1S/C68H132O17P2/c1-58(2)44-36-28-20-15-11-9-10-12-17-23-32-40-48-65(70)78-54-63(84-67(72)50-42-34-24-18-14-13-16-21-29-37-45-59(3)4)56-82-86(74,75)80-52-62(69)53-81-87(76,77)83-57-64(55-79-66(71)49-41-33-27-26-31-39-47-61(7)8)85-68(73)51-43-35-25-19-22-30-38-46-60(5)6/h58-64,69H,9-57H2,1-8H3,(H,74,75)(H,76,77)/t62-,63-,64-/m1/s1. The number of phosphoric ester groups is 2. The van der Waals surface area contributed by atoms with E-state index >= 15 is 0 Å². The molecule has 2 unspecified atom stereocenters. The van der Waals surface area contributed by atoms with Crippen molar-refractivity contribution in [1.82, 2.24) is 0 Å². The molecule has 0 aromatic heterocycles. The maximum Gasteiger partial charge on any atom is 0.472 e. The maximum absolute atomic E-state index is 13.0. The second-order valence-electron chi connectivity index (χ2n) is 26.5. The number of ether oxygens (including phenoxy) is 4. The van der Waals surface area contributed by atoms with E-state index in [1.54, 1.807) is 0 Å². The summed E-state index contributed by atoms with van der Waals surface area (Å²) in [6.45, 7) is 14.0. The molecule has 0 saturated carbocycles. The molecule has 0 bridgehead atoms. The molecule has 0 aliphatic rings. The number of unbranched alkanes of at least 4 members (excludes halogenated alkanes) is 31. The predicted octanol–water partition coefficient (Wildman–Crippen LogP) is 18.9. The summed E-state index contributed by atoms with van der Waals surface area (Å²) in [7, 11) is -9.90. The molecular formula is C68H132O17P2. The third-order valence-electron chi connectivity index (χ3n) is 15.6. The molecule has 5 atom stereocenters. The molecule has 0 radical (unpaired) electrons. The minimum absolute atomic E-state index is 0.102. The number of rotatable bonds is 65. The van der Waals surface area contributed by atoms with E-state index < -0.39 is 97.5 Å². The summed E-state index contributed by atoms with van der Waals surface area (Å²) < 4.78 is 68.1. The van der Waals surface area contributed by atoms with E-state index in [0.29, 0.717) is 37.5 Å². The minimum atomic E-state index is -4.95. The number of carbonyl (C=O) groups is 4. The van der Waals surface area contributed by atoms with Crippen LogP contribution in [0.25, 0.3) is 0 Å². The van der Waals surface area contributed by atoms with Gasteiger partial charge >= 0.3 is 39.5 Å². The molecule has 19 heteroatoms. The Morgan fingerprint density at radius 3 is 0.713 bits per heavy atom. The van der Waals surface area contributed by atoms with E-state index in [1.807, 2.05) is 0 Å². The normalized spacial score (nSPS) is 14.3. The third-order valence-corrected chi connectivity index (χ3v) is 17.5. The summed E-state index contributed by atoms with van der Waals surface area (Å²) in [5, 5.41) is 10.6. The smallest absolute Gasteiger partial charge is 0.462 e. The summed E-state index contributed by atoms with van der Waals surface area (Å²) in [6, 6.07) is 0. The van der Waals surface area contributed by atoms with Crippen LogP contribution >= 0.6 is 15.6 Å². The van der Waals surface area contributed by atoms with Crippen LogP contribution in [0.15, 0.2) is 0 Å². The second kappa shape index (κ2) is 57.9. The van der Waals surface area contributed by atoms with Gasteiger partial charge in [-0.25, -0.2) is 9.13 Å². The first-order chi connectivity index (χ1) is 41.6. The van der Waals surface area contributed by atoms with E-state index in [-0.39, 0.29) is 25.7 Å². The lowest BCUT2D eigenvalue weighted by Gasteiger charge is -2.21. The van der Waals surface area contributed by atoms with Gasteiger partial charge in [0.15, 0.2) is 12.2 Å². The molecule has 0 spiro atoms. The van der Waals surface area contributed by atoms with Crippen LogP contribution in [0.5, 0.6) is 0 Å². The zero-order chi connectivity index (χ0) is 64.7. The fraction of sp³-hybridized carbons (Fsp3) is 0.941. The molecule has 3 N–H and O–H groups in total. The van der Waals surface area contributed by atoms with Gasteiger partial charge in [-0.05, 0) is 49.4 Å². The highest BCUT2D eigenvalue weighted by Gasteiger charge is 2.30. The largest absolute Gasteiger partial charge is 0.472 e. The van der Waals surface area contributed by atoms with Crippen molar-refractivity contribution in [3.05, 3.63) is 0 Å². The highest BCUT2D eigenvalue weighted by molar-refractivity contribution is 7.47. The van der Waals surface area contributed by atoms with Gasteiger partial charge in [0, 0.05) is 25.7 Å². The first kappa shape index (κ1) is 85.1. The summed E-state index contributed by atoms with van der Waals surface area (Å²) in [5.41, 5.74) is 0. The van der Waals surface area contributed by atoms with E-state index in [9.17, 15) is 43.2 Å². The van der Waals surface area contributed by atoms with Crippen molar-refractivity contribution in [2.24, 2.45) is 23.7 Å². The zero-order valence-corrected chi connectivity index (χ0v) is 58.4. The van der Waals surface area contributed by atoms with Crippen molar-refractivity contribution in [1.29, 1.82) is 0 Å². The maximum atomic E-state index is 13.0. The SMILES string of the molecule is CC(C)CCCCCCCCCCCCCCC(=O)OC[C@H](COP(=O)(O)OC[C@@H](O)COP(=O)(O)OC[C@@H](COC(=O)CCCCCCCCC(C)C)OC(=O)CCCCCCCCCC(C)C)OC(=O)CCCCCCCCCCCCC(C)C. The van der Waals surface area contributed by atoms with Gasteiger partial charge in [0.05, 0.1) is 26.4 Å². The quantitative estimate of drug-likeness (QED) is 0.0222. The second-order valence-corrected chi connectivity index (χ2v) is 29.4. The van der Waals surface area contributed by atoms with Gasteiger partial charge in [0.1, 0.15) is 19.3 Å². The molecule has 0 amide bonds. The van der Waals surface area contributed by atoms with E-state index in [1.165, 1.54) is 128 Å². The molecule has 0 rings (SSSR count). The van der Waals surface area contributed by atoms with Gasteiger partial charge < -0.3 is 33.8 Å². The lowest BCUT2D eigenvalue weighted by Crippen LogP contribution is -2.30. The predicted molar refractivity (Wildman–Crippen MR) is 349 cm³/mol. The fourth-order valence-corrected chi connectivity index (χ4v) is 11.7. The number of hydrogen-bond acceptors (Lipinski definition) is 15. The fourth-order valence-electron chi connectivity index (χ4n) is 10.1. The first-order valence-electron chi connectivity index (χ1n) is 35.2. The summed E-state index contributed by atoms with van der Waals surface area (Å²) in [6.07, 6.45) is 39.2. The van der Waals surface area contributed by atoms with Gasteiger partial charge in [-0.2, -0.15) is 0 Å². The van der Waals surface area contributed by atoms with Gasteiger partial charge in [0.2, 0.25) is 0 Å². The van der Waals surface area contributed by atoms with Crippen LogP contribution in [-0.4, -0.2) is 96.7 Å². The monoisotopic (exact) mass is 1280 g/mol. The summed E-state index contributed by atoms with van der Waals surface area (Å²) in [5.74, 6) is 0.773. The van der Waals surface area contributed by atoms with Crippen molar-refractivity contribution in [3.63, 3.8) is 0 Å². The number of aliphatic hydroxyl groups excluding tert-OH is 1. The van der Waals surface area contributed by atoms with Crippen LogP contribution in [0.4, 0.5) is 0 Å². The van der Waals surface area contributed by atoms with Gasteiger partial charge in [0.25, 0.3) is 0 Å². The van der Waals surface area contributed by atoms with Crippen LogP contribution in [0, 0.1) is 23.7 Å². The first-order valence-corrected chi connectivity index (χ1v) is 38.2. The number of esters is 4. The number of carbonyl (C=O) groups excluding carboxylic acids is 4. The molecule has 17 nitrogen and oxygen atoms in total. The average Bonchev–Trinajstić information content (AvgIpc) is 3.49. The Morgan fingerprint density at radius 2 is 0.483 bits per heavy atom. The molecule has 516 valence electrons. The Labute approximate surface area is 530 Å². The van der Waals surface area contributed by atoms with Crippen molar-refractivity contribution in [3.8, 4) is 0 Å². The Balaban J connectivity index is 5.24. The number of phosphoric acid groups is 2. The Morgan fingerprint density at radius 1 is 0.287 bits per heavy atom. The molecule has 87 heavy (non-hydrogen) atoms. The van der Waals surface area contributed by atoms with Crippen LogP contribution in [-0.2, 0) is 65.4 Å².